The van der Waals surface area contributed by atoms with Crippen LogP contribution in [-0.2, 0) is 4.79 Å². The fourth-order valence-corrected chi connectivity index (χ4v) is 4.61. The van der Waals surface area contributed by atoms with Crippen molar-refractivity contribution < 1.29 is 14.4 Å². The van der Waals surface area contributed by atoms with E-state index in [9.17, 15) is 14.4 Å². The van der Waals surface area contributed by atoms with Crippen LogP contribution in [0.4, 0.5) is 16.3 Å². The smallest absolute Gasteiger partial charge is 0.321 e. The molecule has 0 radical (unpaired) electrons. The minimum absolute atomic E-state index is 0.215. The second kappa shape index (κ2) is 8.02. The molecule has 1 aromatic heterocycles. The third kappa shape index (κ3) is 3.73. The van der Waals surface area contributed by atoms with E-state index in [2.05, 4.69) is 20.9 Å². The summed E-state index contributed by atoms with van der Waals surface area (Å²) in [5, 5.41) is 8.56. The van der Waals surface area contributed by atoms with Gasteiger partial charge in [-0.3, -0.25) is 14.9 Å². The summed E-state index contributed by atoms with van der Waals surface area (Å²) in [5.41, 5.74) is 2.81. The van der Waals surface area contributed by atoms with Gasteiger partial charge in [-0.05, 0) is 49.6 Å². The molecule has 0 spiro atoms. The van der Waals surface area contributed by atoms with Crippen molar-refractivity contribution in [3.63, 3.8) is 0 Å². The first-order valence-corrected chi connectivity index (χ1v) is 10.5. The Balaban J connectivity index is 1.63. The lowest BCUT2D eigenvalue weighted by Gasteiger charge is -2.38. The first-order valence-electron chi connectivity index (χ1n) is 10.5. The van der Waals surface area contributed by atoms with Gasteiger partial charge in [-0.25, -0.2) is 9.78 Å². The number of nitrogens with zero attached hydrogens (tertiary/aromatic N) is 2. The predicted molar refractivity (Wildman–Crippen MR) is 117 cm³/mol. The number of amides is 4. The van der Waals surface area contributed by atoms with Crippen molar-refractivity contribution in [3.8, 4) is 0 Å². The predicted octanol–water partition coefficient (Wildman–Crippen LogP) is 2.89. The Hall–Kier alpha value is -3.42. The molecule has 4 rings (SSSR count). The fraction of sp³-hybridized carbons (Fsp3) is 0.391. The SMILES string of the molecule is CCCC12CN(C(=O)c3cccnc3Nc3cccc(C)c3C)CC1C(=O)NC(=O)N2. The van der Waals surface area contributed by atoms with Crippen molar-refractivity contribution in [1.82, 2.24) is 20.5 Å². The van der Waals surface area contributed by atoms with Crippen LogP contribution in [0.25, 0.3) is 0 Å². The number of carbonyl (C=O) groups is 3. The molecule has 2 fully saturated rings. The number of urea groups is 1. The molecule has 0 aliphatic carbocycles. The zero-order valence-electron chi connectivity index (χ0n) is 18.0. The van der Waals surface area contributed by atoms with Gasteiger partial charge in [-0.1, -0.05) is 25.5 Å². The van der Waals surface area contributed by atoms with Gasteiger partial charge in [0.2, 0.25) is 5.91 Å². The molecule has 2 atom stereocenters. The van der Waals surface area contributed by atoms with E-state index in [1.165, 1.54) is 0 Å². The number of benzene rings is 1. The maximum atomic E-state index is 13.5. The number of carbonyl (C=O) groups excluding carboxylic acids is 3. The van der Waals surface area contributed by atoms with Crippen molar-refractivity contribution >= 4 is 29.4 Å². The van der Waals surface area contributed by atoms with E-state index in [-0.39, 0.29) is 18.4 Å². The molecule has 0 saturated carbocycles. The van der Waals surface area contributed by atoms with Gasteiger partial charge in [-0.2, -0.15) is 0 Å². The summed E-state index contributed by atoms with van der Waals surface area (Å²) in [6, 6.07) is 8.89. The number of aromatic nitrogens is 1. The van der Waals surface area contributed by atoms with Gasteiger partial charge in [0.1, 0.15) is 5.82 Å². The second-order valence-corrected chi connectivity index (χ2v) is 8.36. The van der Waals surface area contributed by atoms with E-state index in [1.807, 2.05) is 39.0 Å². The lowest BCUT2D eigenvalue weighted by molar-refractivity contribution is -0.126. The largest absolute Gasteiger partial charge is 0.339 e. The Morgan fingerprint density at radius 1 is 1.26 bits per heavy atom. The average molecular weight is 422 g/mol. The van der Waals surface area contributed by atoms with Crippen molar-refractivity contribution in [3.05, 3.63) is 53.2 Å². The number of hydrogen-bond donors (Lipinski definition) is 3. The monoisotopic (exact) mass is 421 g/mol. The Morgan fingerprint density at radius 3 is 2.84 bits per heavy atom. The van der Waals surface area contributed by atoms with Crippen LogP contribution in [0.5, 0.6) is 0 Å². The first-order chi connectivity index (χ1) is 14.8. The van der Waals surface area contributed by atoms with E-state index in [0.29, 0.717) is 24.3 Å². The third-order valence-electron chi connectivity index (χ3n) is 6.34. The average Bonchev–Trinajstić information content (AvgIpc) is 3.11. The Morgan fingerprint density at radius 2 is 2.06 bits per heavy atom. The zero-order chi connectivity index (χ0) is 22.2. The molecule has 1 aromatic carbocycles. The van der Waals surface area contributed by atoms with E-state index >= 15 is 0 Å². The molecule has 3 N–H and O–H groups in total. The fourth-order valence-electron chi connectivity index (χ4n) is 4.61. The van der Waals surface area contributed by atoms with Crippen molar-refractivity contribution in [2.75, 3.05) is 18.4 Å². The number of imide groups is 1. The lowest BCUT2D eigenvalue weighted by Crippen LogP contribution is -2.66. The van der Waals surface area contributed by atoms with Crippen molar-refractivity contribution in [2.45, 2.75) is 39.2 Å². The molecule has 2 aliphatic rings. The van der Waals surface area contributed by atoms with Gasteiger partial charge >= 0.3 is 6.03 Å². The summed E-state index contributed by atoms with van der Waals surface area (Å²) >= 11 is 0. The number of pyridine rings is 1. The number of anilines is 2. The summed E-state index contributed by atoms with van der Waals surface area (Å²) < 4.78 is 0. The van der Waals surface area contributed by atoms with Crippen LogP contribution in [0, 0.1) is 19.8 Å². The molecule has 162 valence electrons. The molecule has 0 bridgehead atoms. The zero-order valence-corrected chi connectivity index (χ0v) is 18.0. The Bertz CT molecular complexity index is 1050. The van der Waals surface area contributed by atoms with Crippen LogP contribution in [0.15, 0.2) is 36.5 Å². The highest BCUT2D eigenvalue weighted by molar-refractivity contribution is 6.03. The molecular formula is C23H27N5O3. The minimum atomic E-state index is -0.729. The molecule has 2 saturated heterocycles. The van der Waals surface area contributed by atoms with E-state index in [4.69, 9.17) is 0 Å². The van der Waals surface area contributed by atoms with Crippen LogP contribution in [0.3, 0.4) is 0 Å². The van der Waals surface area contributed by atoms with Gasteiger partial charge in [0.15, 0.2) is 0 Å². The number of nitrogens with one attached hydrogen (secondary N) is 3. The maximum absolute atomic E-state index is 13.5. The van der Waals surface area contributed by atoms with Gasteiger partial charge < -0.3 is 15.5 Å². The van der Waals surface area contributed by atoms with Crippen molar-refractivity contribution in [2.24, 2.45) is 5.92 Å². The third-order valence-corrected chi connectivity index (χ3v) is 6.34. The molecule has 8 heteroatoms. The quantitative estimate of drug-likeness (QED) is 0.689. The molecule has 4 amide bonds. The summed E-state index contributed by atoms with van der Waals surface area (Å²) in [6.45, 7) is 6.60. The molecular weight excluding hydrogens is 394 g/mol. The first kappa shape index (κ1) is 20.8. The van der Waals surface area contributed by atoms with Gasteiger partial charge in [0.25, 0.3) is 5.91 Å². The van der Waals surface area contributed by atoms with E-state index in [0.717, 1.165) is 23.2 Å². The number of aryl methyl sites for hydroxylation is 1. The maximum Gasteiger partial charge on any atom is 0.321 e. The van der Waals surface area contributed by atoms with Crippen LogP contribution < -0.4 is 16.0 Å². The molecule has 31 heavy (non-hydrogen) atoms. The molecule has 3 heterocycles. The summed E-state index contributed by atoms with van der Waals surface area (Å²) in [6.07, 6.45) is 3.06. The lowest BCUT2D eigenvalue weighted by atomic mass is 9.81. The summed E-state index contributed by atoms with van der Waals surface area (Å²) in [5.74, 6) is -0.546. The molecule has 2 unspecified atom stereocenters. The normalized spacial score (nSPS) is 22.5. The van der Waals surface area contributed by atoms with Crippen LogP contribution in [0.1, 0.15) is 41.3 Å². The minimum Gasteiger partial charge on any atom is -0.339 e. The summed E-state index contributed by atoms with van der Waals surface area (Å²) in [7, 11) is 0. The molecule has 2 aliphatic heterocycles. The number of fused-ring (bicyclic) bond motifs is 1. The van der Waals surface area contributed by atoms with Gasteiger partial charge in [0.05, 0.1) is 17.0 Å². The highest BCUT2D eigenvalue weighted by Crippen LogP contribution is 2.35. The van der Waals surface area contributed by atoms with Gasteiger partial charge in [-0.15, -0.1) is 0 Å². The number of likely N-dealkylation sites (tertiary alicyclic amines) is 1. The van der Waals surface area contributed by atoms with Crippen LogP contribution >= 0.6 is 0 Å². The topological polar surface area (TPSA) is 103 Å². The number of rotatable bonds is 5. The molecule has 8 nitrogen and oxygen atoms in total. The van der Waals surface area contributed by atoms with Gasteiger partial charge in [0, 0.05) is 25.0 Å². The number of hydrogen-bond acceptors (Lipinski definition) is 5. The second-order valence-electron chi connectivity index (χ2n) is 8.36. The highest BCUT2D eigenvalue weighted by atomic mass is 16.2. The Kier molecular flexibility index (Phi) is 5.39. The summed E-state index contributed by atoms with van der Waals surface area (Å²) in [4.78, 5) is 44.0. The van der Waals surface area contributed by atoms with Crippen LogP contribution in [0.2, 0.25) is 0 Å². The molecule has 2 aromatic rings. The van der Waals surface area contributed by atoms with E-state index in [1.54, 1.807) is 23.2 Å². The van der Waals surface area contributed by atoms with Crippen molar-refractivity contribution in [1.29, 1.82) is 0 Å². The standard InChI is InChI=1S/C23H27N5O3/c1-4-10-23-13-28(12-17(23)20(29)26-22(31)27-23)21(30)16-8-6-11-24-19(16)25-18-9-5-7-14(2)15(18)3/h5-9,11,17H,4,10,12-13H2,1-3H3,(H,24,25)(H2,26,27,29,31). The van der Waals surface area contributed by atoms with E-state index < -0.39 is 17.5 Å². The Labute approximate surface area is 181 Å². The highest BCUT2D eigenvalue weighted by Gasteiger charge is 2.54. The van der Waals surface area contributed by atoms with Crippen LogP contribution in [-0.4, -0.2) is 46.4 Å².